The summed E-state index contributed by atoms with van der Waals surface area (Å²) in [6.07, 6.45) is 0.556. The van der Waals surface area contributed by atoms with E-state index in [1.54, 1.807) is 30.0 Å². The van der Waals surface area contributed by atoms with Crippen molar-refractivity contribution in [1.29, 1.82) is 0 Å². The molecule has 1 unspecified atom stereocenters. The molecule has 0 radical (unpaired) electrons. The number of nitrogens with one attached hydrogen (secondary N) is 1. The average molecular weight is 479 g/mol. The van der Waals surface area contributed by atoms with Crippen LogP contribution in [0.5, 0.6) is 0 Å². The van der Waals surface area contributed by atoms with Crippen molar-refractivity contribution in [2.45, 2.75) is 34.4 Å². The number of hydrogen-bond donors (Lipinski definition) is 1. The number of aromatic nitrogens is 3. The Balaban J connectivity index is 1.57. The highest BCUT2D eigenvalue weighted by Gasteiger charge is 2.24. The van der Waals surface area contributed by atoms with E-state index < -0.39 is 11.1 Å². The van der Waals surface area contributed by atoms with Gasteiger partial charge in [-0.15, -0.1) is 22.0 Å². The SMILES string of the molecule is CCC(Sc1nnc(CSc2ccccc2)n1-c1ccccc1)C(=O)Nc1ccccc1F. The number of hydrogen-bond acceptors (Lipinski definition) is 5. The molecule has 0 aliphatic rings. The van der Waals surface area contributed by atoms with Crippen molar-refractivity contribution in [3.8, 4) is 5.69 Å². The normalized spacial score (nSPS) is 11.8. The molecule has 4 aromatic rings. The Morgan fingerprint density at radius 3 is 2.33 bits per heavy atom. The van der Waals surface area contributed by atoms with Crippen LogP contribution in [0.25, 0.3) is 5.69 Å². The highest BCUT2D eigenvalue weighted by atomic mass is 32.2. The van der Waals surface area contributed by atoms with Crippen LogP contribution in [0.4, 0.5) is 10.1 Å². The molecular formula is C25H23FN4OS2. The summed E-state index contributed by atoms with van der Waals surface area (Å²) in [6.45, 7) is 1.92. The van der Waals surface area contributed by atoms with Gasteiger partial charge in [0.2, 0.25) is 5.91 Å². The molecule has 1 heterocycles. The van der Waals surface area contributed by atoms with Crippen molar-refractivity contribution in [1.82, 2.24) is 14.8 Å². The molecule has 4 rings (SSSR count). The first-order chi connectivity index (χ1) is 16.2. The van der Waals surface area contributed by atoms with Crippen LogP contribution >= 0.6 is 23.5 Å². The molecule has 33 heavy (non-hydrogen) atoms. The summed E-state index contributed by atoms with van der Waals surface area (Å²) in [5.41, 5.74) is 1.10. The quantitative estimate of drug-likeness (QED) is 0.290. The van der Waals surface area contributed by atoms with Crippen molar-refractivity contribution in [2.24, 2.45) is 0 Å². The first-order valence-corrected chi connectivity index (χ1v) is 12.4. The van der Waals surface area contributed by atoms with E-state index >= 15 is 0 Å². The molecule has 1 N–H and O–H groups in total. The standard InChI is InChI=1S/C25H23FN4OS2/c1-2-22(24(31)27-21-16-10-9-15-20(21)26)33-25-29-28-23(17-32-19-13-7-4-8-14-19)30(25)18-11-5-3-6-12-18/h3-16,22H,2,17H2,1H3,(H,27,31). The number of anilines is 1. The Morgan fingerprint density at radius 2 is 1.64 bits per heavy atom. The number of para-hydroxylation sites is 2. The second-order valence-electron chi connectivity index (χ2n) is 7.16. The molecule has 1 aromatic heterocycles. The predicted octanol–water partition coefficient (Wildman–Crippen LogP) is 6.21. The maximum Gasteiger partial charge on any atom is 0.238 e. The van der Waals surface area contributed by atoms with Crippen molar-refractivity contribution in [3.05, 3.63) is 96.6 Å². The van der Waals surface area contributed by atoms with Crippen LogP contribution in [0.3, 0.4) is 0 Å². The van der Waals surface area contributed by atoms with E-state index in [2.05, 4.69) is 27.6 Å². The number of rotatable bonds is 9. The average Bonchev–Trinajstić information content (AvgIpc) is 3.26. The van der Waals surface area contributed by atoms with Gasteiger partial charge >= 0.3 is 0 Å². The number of halogens is 1. The minimum atomic E-state index is -0.460. The number of nitrogens with zero attached hydrogens (tertiary/aromatic N) is 3. The van der Waals surface area contributed by atoms with Gasteiger partial charge in [-0.25, -0.2) is 4.39 Å². The van der Waals surface area contributed by atoms with Crippen LogP contribution in [0.1, 0.15) is 19.2 Å². The Labute approximate surface area is 200 Å². The lowest BCUT2D eigenvalue weighted by atomic mass is 10.2. The molecular weight excluding hydrogens is 455 g/mol. The van der Waals surface area contributed by atoms with Gasteiger partial charge in [0.15, 0.2) is 5.16 Å². The van der Waals surface area contributed by atoms with Crippen molar-refractivity contribution in [2.75, 3.05) is 5.32 Å². The third-order valence-electron chi connectivity index (χ3n) is 4.87. The lowest BCUT2D eigenvalue weighted by Crippen LogP contribution is -2.25. The van der Waals surface area contributed by atoms with Gasteiger partial charge in [-0.05, 0) is 42.8 Å². The molecule has 0 saturated heterocycles. The molecule has 3 aromatic carbocycles. The van der Waals surface area contributed by atoms with E-state index in [-0.39, 0.29) is 11.6 Å². The van der Waals surface area contributed by atoms with E-state index in [1.807, 2.05) is 60.0 Å². The smallest absolute Gasteiger partial charge is 0.238 e. The van der Waals surface area contributed by atoms with Gasteiger partial charge in [-0.2, -0.15) is 0 Å². The molecule has 168 valence electrons. The Morgan fingerprint density at radius 1 is 0.970 bits per heavy atom. The van der Waals surface area contributed by atoms with Crippen LogP contribution in [-0.4, -0.2) is 25.9 Å². The number of carbonyl (C=O) groups is 1. The Kier molecular flexibility index (Phi) is 7.80. The molecule has 8 heteroatoms. The number of amides is 1. The van der Waals surface area contributed by atoms with E-state index in [1.165, 1.54) is 17.8 Å². The fourth-order valence-electron chi connectivity index (χ4n) is 3.20. The fraction of sp³-hybridized carbons (Fsp3) is 0.160. The molecule has 1 amide bonds. The summed E-state index contributed by atoms with van der Waals surface area (Å²) in [7, 11) is 0. The van der Waals surface area contributed by atoms with Gasteiger partial charge in [0.05, 0.1) is 16.7 Å². The zero-order valence-electron chi connectivity index (χ0n) is 18.0. The summed E-state index contributed by atoms with van der Waals surface area (Å²) < 4.78 is 16.0. The van der Waals surface area contributed by atoms with Gasteiger partial charge < -0.3 is 5.32 Å². The zero-order valence-corrected chi connectivity index (χ0v) is 19.7. The van der Waals surface area contributed by atoms with Crippen molar-refractivity contribution in [3.63, 3.8) is 0 Å². The van der Waals surface area contributed by atoms with Gasteiger partial charge in [-0.3, -0.25) is 9.36 Å². The van der Waals surface area contributed by atoms with E-state index in [0.29, 0.717) is 17.3 Å². The third-order valence-corrected chi connectivity index (χ3v) is 7.18. The molecule has 0 aliphatic carbocycles. The summed E-state index contributed by atoms with van der Waals surface area (Å²) >= 11 is 3.01. The lowest BCUT2D eigenvalue weighted by Gasteiger charge is -2.16. The molecule has 0 bridgehead atoms. The molecule has 0 spiro atoms. The summed E-state index contributed by atoms with van der Waals surface area (Å²) in [6, 6.07) is 26.1. The lowest BCUT2D eigenvalue weighted by molar-refractivity contribution is -0.115. The minimum absolute atomic E-state index is 0.172. The van der Waals surface area contributed by atoms with E-state index in [0.717, 1.165) is 16.4 Å². The first-order valence-electron chi connectivity index (χ1n) is 10.6. The largest absolute Gasteiger partial charge is 0.323 e. The van der Waals surface area contributed by atoms with Gasteiger partial charge in [0.25, 0.3) is 0 Å². The minimum Gasteiger partial charge on any atom is -0.323 e. The van der Waals surface area contributed by atoms with Crippen molar-refractivity contribution >= 4 is 35.1 Å². The maximum absolute atomic E-state index is 14.0. The van der Waals surface area contributed by atoms with E-state index in [9.17, 15) is 9.18 Å². The molecule has 5 nitrogen and oxygen atoms in total. The first kappa shape index (κ1) is 23.1. The summed E-state index contributed by atoms with van der Waals surface area (Å²) in [4.78, 5) is 14.0. The van der Waals surface area contributed by atoms with Gasteiger partial charge in [0.1, 0.15) is 11.6 Å². The van der Waals surface area contributed by atoms with Gasteiger partial charge in [-0.1, -0.05) is 67.2 Å². The van der Waals surface area contributed by atoms with Crippen LogP contribution in [-0.2, 0) is 10.5 Å². The molecule has 0 saturated carbocycles. The Bertz CT molecular complexity index is 1200. The summed E-state index contributed by atoms with van der Waals surface area (Å²) in [5.74, 6) is 0.695. The van der Waals surface area contributed by atoms with Gasteiger partial charge in [0, 0.05) is 10.6 Å². The Hall–Kier alpha value is -3.10. The fourth-order valence-corrected chi connectivity index (χ4v) is 5.02. The zero-order chi connectivity index (χ0) is 23.0. The number of benzene rings is 3. The number of thioether (sulfide) groups is 2. The maximum atomic E-state index is 14.0. The molecule has 1 atom stereocenters. The second kappa shape index (κ2) is 11.2. The van der Waals surface area contributed by atoms with Crippen molar-refractivity contribution < 1.29 is 9.18 Å². The van der Waals surface area contributed by atoms with E-state index in [4.69, 9.17) is 0 Å². The van der Waals surface area contributed by atoms with Crippen LogP contribution < -0.4 is 5.32 Å². The topological polar surface area (TPSA) is 59.8 Å². The third kappa shape index (κ3) is 5.83. The van der Waals surface area contributed by atoms with Crippen LogP contribution in [0.2, 0.25) is 0 Å². The highest BCUT2D eigenvalue weighted by molar-refractivity contribution is 8.00. The number of carbonyl (C=O) groups excluding carboxylic acids is 1. The second-order valence-corrected chi connectivity index (χ2v) is 9.37. The van der Waals surface area contributed by atoms with Crippen LogP contribution in [0, 0.1) is 5.82 Å². The summed E-state index contributed by atoms with van der Waals surface area (Å²) in [5, 5.41) is 11.7. The highest BCUT2D eigenvalue weighted by Crippen LogP contribution is 2.31. The molecule has 0 fully saturated rings. The molecule has 0 aliphatic heterocycles. The van der Waals surface area contributed by atoms with Crippen LogP contribution in [0.15, 0.2) is 95.0 Å². The monoisotopic (exact) mass is 478 g/mol. The predicted molar refractivity (Wildman–Crippen MR) is 132 cm³/mol.